The van der Waals surface area contributed by atoms with Crippen LogP contribution in [-0.4, -0.2) is 59.7 Å². The monoisotopic (exact) mass is 219 g/mol. The van der Waals surface area contributed by atoms with E-state index in [0.717, 1.165) is 0 Å². The standard InChI is InChI=1S/C7H13N3O5/c1-14-7-6(13)5(12)4(11)3(15-7)2-9-10-8/h3-7,11-13H,2H2,1H3/t3?,4-,5-,6?,7-/m0/s1. The van der Waals surface area contributed by atoms with Gasteiger partial charge in [0.1, 0.15) is 18.3 Å². The van der Waals surface area contributed by atoms with Crippen LogP contribution in [0.25, 0.3) is 10.4 Å². The van der Waals surface area contributed by atoms with Crippen molar-refractivity contribution in [1.29, 1.82) is 0 Å². The first-order valence-corrected chi connectivity index (χ1v) is 4.35. The lowest BCUT2D eigenvalue weighted by Gasteiger charge is -2.39. The maximum Gasteiger partial charge on any atom is 0.186 e. The van der Waals surface area contributed by atoms with E-state index in [1.807, 2.05) is 0 Å². The third-order valence-electron chi connectivity index (χ3n) is 2.23. The Morgan fingerprint density at radius 1 is 1.33 bits per heavy atom. The van der Waals surface area contributed by atoms with Crippen LogP contribution in [0.5, 0.6) is 0 Å². The SMILES string of the molecule is CO[C@H]1OC(CN=[N+]=[N-])[C@H](O)[C@H](O)C1O. The highest BCUT2D eigenvalue weighted by Gasteiger charge is 2.43. The van der Waals surface area contributed by atoms with Gasteiger partial charge in [-0.2, -0.15) is 0 Å². The van der Waals surface area contributed by atoms with Gasteiger partial charge in [0, 0.05) is 12.0 Å². The van der Waals surface area contributed by atoms with E-state index in [4.69, 9.17) is 15.0 Å². The summed E-state index contributed by atoms with van der Waals surface area (Å²) in [5.74, 6) is 0. The molecule has 1 fully saturated rings. The highest BCUT2D eigenvalue weighted by molar-refractivity contribution is 4.89. The zero-order valence-corrected chi connectivity index (χ0v) is 8.09. The van der Waals surface area contributed by atoms with Crippen molar-refractivity contribution in [2.45, 2.75) is 30.7 Å². The van der Waals surface area contributed by atoms with Crippen LogP contribution in [-0.2, 0) is 9.47 Å². The molecule has 0 saturated carbocycles. The van der Waals surface area contributed by atoms with Crippen molar-refractivity contribution in [3.63, 3.8) is 0 Å². The van der Waals surface area contributed by atoms with Gasteiger partial charge in [-0.15, -0.1) is 0 Å². The Bertz CT molecular complexity index is 255. The molecule has 0 radical (unpaired) electrons. The Labute approximate surface area is 85.7 Å². The van der Waals surface area contributed by atoms with Crippen LogP contribution in [0.2, 0.25) is 0 Å². The van der Waals surface area contributed by atoms with E-state index in [1.54, 1.807) is 0 Å². The van der Waals surface area contributed by atoms with Gasteiger partial charge in [-0.25, -0.2) is 0 Å². The molecule has 1 rings (SSSR count). The summed E-state index contributed by atoms with van der Waals surface area (Å²) < 4.78 is 9.84. The van der Waals surface area contributed by atoms with Gasteiger partial charge >= 0.3 is 0 Å². The maximum absolute atomic E-state index is 9.47. The Morgan fingerprint density at radius 2 is 2.00 bits per heavy atom. The van der Waals surface area contributed by atoms with Gasteiger partial charge < -0.3 is 24.8 Å². The summed E-state index contributed by atoms with van der Waals surface area (Å²) in [6.07, 6.45) is -5.95. The second-order valence-electron chi connectivity index (χ2n) is 3.16. The zero-order valence-electron chi connectivity index (χ0n) is 8.09. The Balaban J connectivity index is 2.69. The average molecular weight is 219 g/mol. The highest BCUT2D eigenvalue weighted by Crippen LogP contribution is 2.21. The number of azide groups is 1. The lowest BCUT2D eigenvalue weighted by molar-refractivity contribution is -0.287. The normalized spacial score (nSPS) is 40.9. The molecular weight excluding hydrogens is 206 g/mol. The molecule has 5 atom stereocenters. The fourth-order valence-corrected chi connectivity index (χ4v) is 1.38. The van der Waals surface area contributed by atoms with E-state index < -0.39 is 30.7 Å². The van der Waals surface area contributed by atoms with E-state index in [2.05, 4.69) is 10.0 Å². The molecular formula is C7H13N3O5. The Morgan fingerprint density at radius 3 is 2.53 bits per heavy atom. The van der Waals surface area contributed by atoms with Crippen LogP contribution < -0.4 is 0 Å². The number of aliphatic hydroxyl groups excluding tert-OH is 3. The van der Waals surface area contributed by atoms with Crippen molar-refractivity contribution in [2.75, 3.05) is 13.7 Å². The van der Waals surface area contributed by atoms with Crippen molar-refractivity contribution in [1.82, 2.24) is 0 Å². The van der Waals surface area contributed by atoms with Crippen LogP contribution in [0, 0.1) is 0 Å². The fourth-order valence-electron chi connectivity index (χ4n) is 1.38. The lowest BCUT2D eigenvalue weighted by Crippen LogP contribution is -2.58. The molecule has 1 heterocycles. The van der Waals surface area contributed by atoms with Gasteiger partial charge in [0.2, 0.25) is 0 Å². The maximum atomic E-state index is 9.47. The molecule has 0 bridgehead atoms. The van der Waals surface area contributed by atoms with Crippen molar-refractivity contribution in [2.24, 2.45) is 5.11 Å². The molecule has 1 aliphatic heterocycles. The average Bonchev–Trinajstić information content (AvgIpc) is 2.25. The first kappa shape index (κ1) is 12.2. The molecule has 0 aromatic heterocycles. The van der Waals surface area contributed by atoms with Crippen LogP contribution in [0.1, 0.15) is 0 Å². The summed E-state index contributed by atoms with van der Waals surface area (Å²) in [7, 11) is 1.29. The summed E-state index contributed by atoms with van der Waals surface area (Å²) in [4.78, 5) is 2.51. The zero-order chi connectivity index (χ0) is 11.4. The Hall–Kier alpha value is -0.890. The van der Waals surface area contributed by atoms with Crippen LogP contribution in [0.3, 0.4) is 0 Å². The molecule has 1 saturated heterocycles. The third kappa shape index (κ3) is 2.57. The van der Waals surface area contributed by atoms with Crippen LogP contribution in [0.15, 0.2) is 5.11 Å². The molecule has 0 spiro atoms. The smallest absolute Gasteiger partial charge is 0.186 e. The predicted molar refractivity (Wildman–Crippen MR) is 47.7 cm³/mol. The quantitative estimate of drug-likeness (QED) is 0.310. The van der Waals surface area contributed by atoms with Gasteiger partial charge in [0.15, 0.2) is 6.29 Å². The van der Waals surface area contributed by atoms with E-state index in [1.165, 1.54) is 7.11 Å². The molecule has 0 aromatic rings. The van der Waals surface area contributed by atoms with E-state index in [0.29, 0.717) is 0 Å². The van der Waals surface area contributed by atoms with Crippen molar-refractivity contribution >= 4 is 0 Å². The fraction of sp³-hybridized carbons (Fsp3) is 1.00. The summed E-state index contributed by atoms with van der Waals surface area (Å²) in [5.41, 5.74) is 8.10. The van der Waals surface area contributed by atoms with Crippen molar-refractivity contribution in [3.05, 3.63) is 10.4 Å². The molecule has 8 nitrogen and oxygen atoms in total. The molecule has 1 aliphatic rings. The molecule has 15 heavy (non-hydrogen) atoms. The molecule has 86 valence electrons. The minimum atomic E-state index is -1.39. The highest BCUT2D eigenvalue weighted by atomic mass is 16.7. The third-order valence-corrected chi connectivity index (χ3v) is 2.23. The van der Waals surface area contributed by atoms with E-state index >= 15 is 0 Å². The number of hydrogen-bond donors (Lipinski definition) is 3. The molecule has 0 amide bonds. The van der Waals surface area contributed by atoms with Gasteiger partial charge in [-0.05, 0) is 5.53 Å². The molecule has 8 heteroatoms. The van der Waals surface area contributed by atoms with E-state index in [-0.39, 0.29) is 6.54 Å². The second kappa shape index (κ2) is 5.26. The number of ether oxygens (including phenoxy) is 2. The topological polar surface area (TPSA) is 128 Å². The summed E-state index contributed by atoms with van der Waals surface area (Å²) >= 11 is 0. The lowest BCUT2D eigenvalue weighted by atomic mass is 9.99. The van der Waals surface area contributed by atoms with Crippen LogP contribution >= 0.6 is 0 Å². The summed E-state index contributed by atoms with van der Waals surface area (Å²) in [5, 5.41) is 31.5. The number of methoxy groups -OCH3 is 1. The largest absolute Gasteiger partial charge is 0.388 e. The number of hydrogen-bond acceptors (Lipinski definition) is 6. The predicted octanol–water partition coefficient (Wildman–Crippen LogP) is -1.25. The molecule has 0 aromatic carbocycles. The van der Waals surface area contributed by atoms with Gasteiger partial charge in [0.05, 0.1) is 12.6 Å². The summed E-state index contributed by atoms with van der Waals surface area (Å²) in [6, 6.07) is 0. The van der Waals surface area contributed by atoms with Gasteiger partial charge in [-0.1, -0.05) is 5.11 Å². The van der Waals surface area contributed by atoms with Gasteiger partial charge in [0.25, 0.3) is 0 Å². The first-order chi connectivity index (χ1) is 7.11. The molecule has 3 N–H and O–H groups in total. The van der Waals surface area contributed by atoms with Crippen molar-refractivity contribution in [3.8, 4) is 0 Å². The van der Waals surface area contributed by atoms with Crippen LogP contribution in [0.4, 0.5) is 0 Å². The Kier molecular flexibility index (Phi) is 4.28. The number of aliphatic hydroxyl groups is 3. The van der Waals surface area contributed by atoms with Crippen molar-refractivity contribution < 1.29 is 24.8 Å². The second-order valence-corrected chi connectivity index (χ2v) is 3.16. The number of nitrogens with zero attached hydrogens (tertiary/aromatic N) is 3. The molecule has 0 aliphatic carbocycles. The minimum absolute atomic E-state index is 0.138. The molecule has 2 unspecified atom stereocenters. The minimum Gasteiger partial charge on any atom is -0.388 e. The number of rotatable bonds is 3. The van der Waals surface area contributed by atoms with E-state index in [9.17, 15) is 15.3 Å². The van der Waals surface area contributed by atoms with Gasteiger partial charge in [-0.3, -0.25) is 0 Å². The summed E-state index contributed by atoms with van der Waals surface area (Å²) in [6.45, 7) is -0.138. The first-order valence-electron chi connectivity index (χ1n) is 4.35.